The Morgan fingerprint density at radius 1 is 1.21 bits per heavy atom. The first-order valence-corrected chi connectivity index (χ1v) is 7.19. The molecule has 3 heteroatoms. The van der Waals surface area contributed by atoms with Gasteiger partial charge in [0.1, 0.15) is 6.04 Å². The smallest absolute Gasteiger partial charge is 0.244 e. The number of rotatable bonds is 3. The number of nitrogens with two attached hydrogens (primary N) is 1. The number of hydrogen-bond donors (Lipinski definition) is 1. The first-order chi connectivity index (χ1) is 9.09. The van der Waals surface area contributed by atoms with Gasteiger partial charge in [0.2, 0.25) is 5.91 Å². The third-order valence-corrected chi connectivity index (χ3v) is 4.22. The molecule has 0 unspecified atom stereocenters. The van der Waals surface area contributed by atoms with Gasteiger partial charge in [-0.05, 0) is 30.2 Å². The summed E-state index contributed by atoms with van der Waals surface area (Å²) in [5, 5.41) is 0. The molecule has 1 amide bonds. The second-order valence-corrected chi connectivity index (χ2v) is 5.80. The van der Waals surface area contributed by atoms with E-state index in [-0.39, 0.29) is 5.91 Å². The molecule has 0 saturated carbocycles. The number of carbonyl (C=O) groups is 1. The average molecular weight is 260 g/mol. The minimum Gasteiger partial charge on any atom is -0.341 e. The van der Waals surface area contributed by atoms with Crippen LogP contribution in [-0.4, -0.2) is 23.9 Å². The van der Waals surface area contributed by atoms with Crippen LogP contribution < -0.4 is 5.73 Å². The van der Waals surface area contributed by atoms with Gasteiger partial charge in [-0.25, -0.2) is 0 Å². The molecule has 1 heterocycles. The molecule has 0 radical (unpaired) electrons. The Morgan fingerprint density at radius 2 is 1.79 bits per heavy atom. The molecule has 0 spiro atoms. The van der Waals surface area contributed by atoms with Crippen LogP contribution in [0, 0.1) is 11.8 Å². The van der Waals surface area contributed by atoms with Crippen LogP contribution in [0.2, 0.25) is 0 Å². The highest BCUT2D eigenvalue weighted by atomic mass is 16.2. The van der Waals surface area contributed by atoms with E-state index in [0.717, 1.165) is 37.4 Å². The topological polar surface area (TPSA) is 46.3 Å². The highest BCUT2D eigenvalue weighted by Gasteiger charge is 2.27. The number of benzene rings is 1. The second kappa shape index (κ2) is 6.20. The van der Waals surface area contributed by atoms with Crippen molar-refractivity contribution in [2.45, 2.75) is 32.7 Å². The summed E-state index contributed by atoms with van der Waals surface area (Å²) in [5.41, 5.74) is 6.97. The van der Waals surface area contributed by atoms with Crippen molar-refractivity contribution in [3.8, 4) is 0 Å². The highest BCUT2D eigenvalue weighted by molar-refractivity contribution is 5.83. The lowest BCUT2D eigenvalue weighted by atomic mass is 9.86. The van der Waals surface area contributed by atoms with Gasteiger partial charge in [0, 0.05) is 13.1 Å². The van der Waals surface area contributed by atoms with E-state index in [4.69, 9.17) is 5.73 Å². The van der Waals surface area contributed by atoms with Gasteiger partial charge in [0.15, 0.2) is 0 Å². The molecule has 1 fully saturated rings. The molecule has 1 aromatic rings. The fourth-order valence-electron chi connectivity index (χ4n) is 2.79. The predicted molar refractivity (Wildman–Crippen MR) is 77.5 cm³/mol. The van der Waals surface area contributed by atoms with Crippen molar-refractivity contribution in [2.24, 2.45) is 17.6 Å². The van der Waals surface area contributed by atoms with Gasteiger partial charge in [-0.3, -0.25) is 4.79 Å². The number of hydrogen-bond acceptors (Lipinski definition) is 2. The Hall–Kier alpha value is -1.35. The monoisotopic (exact) mass is 260 g/mol. The Balaban J connectivity index is 1.94. The van der Waals surface area contributed by atoms with Crippen LogP contribution in [0.1, 0.15) is 38.3 Å². The second-order valence-electron chi connectivity index (χ2n) is 5.80. The van der Waals surface area contributed by atoms with E-state index in [1.807, 2.05) is 35.2 Å². The van der Waals surface area contributed by atoms with E-state index in [0.29, 0.717) is 5.92 Å². The maximum absolute atomic E-state index is 12.4. The van der Waals surface area contributed by atoms with Crippen molar-refractivity contribution in [3.63, 3.8) is 0 Å². The molecule has 1 atom stereocenters. The number of nitrogens with zero attached hydrogens (tertiary/aromatic N) is 1. The Bertz CT molecular complexity index is 408. The number of piperidine rings is 1. The standard InChI is InChI=1S/C16H24N2O/c1-12(2)13-8-10-18(11-9-13)16(19)15(17)14-6-4-3-5-7-14/h3-7,12-13,15H,8-11,17H2,1-2H3/t15-/m0/s1. The molecule has 104 valence electrons. The van der Waals surface area contributed by atoms with Crippen LogP contribution >= 0.6 is 0 Å². The SMILES string of the molecule is CC(C)C1CCN(C(=O)[C@@H](N)c2ccccc2)CC1. The van der Waals surface area contributed by atoms with Crippen molar-refractivity contribution < 1.29 is 4.79 Å². The third kappa shape index (κ3) is 3.35. The summed E-state index contributed by atoms with van der Waals surface area (Å²) in [7, 11) is 0. The fraction of sp³-hybridized carbons (Fsp3) is 0.562. The minimum atomic E-state index is -0.517. The molecular weight excluding hydrogens is 236 g/mol. The Kier molecular flexibility index (Phi) is 4.59. The first kappa shape index (κ1) is 14.1. The Labute approximate surface area is 115 Å². The summed E-state index contributed by atoms with van der Waals surface area (Å²) in [6.45, 7) is 6.22. The molecule has 19 heavy (non-hydrogen) atoms. The normalized spacial score (nSPS) is 18.6. The van der Waals surface area contributed by atoms with Crippen molar-refractivity contribution >= 4 is 5.91 Å². The minimum absolute atomic E-state index is 0.0633. The van der Waals surface area contributed by atoms with E-state index in [1.165, 1.54) is 0 Å². The van der Waals surface area contributed by atoms with Crippen molar-refractivity contribution in [3.05, 3.63) is 35.9 Å². The summed E-state index contributed by atoms with van der Waals surface area (Å²) >= 11 is 0. The lowest BCUT2D eigenvalue weighted by Gasteiger charge is -2.35. The van der Waals surface area contributed by atoms with E-state index in [9.17, 15) is 4.79 Å². The van der Waals surface area contributed by atoms with Gasteiger partial charge in [-0.2, -0.15) is 0 Å². The molecule has 1 saturated heterocycles. The van der Waals surface area contributed by atoms with Gasteiger partial charge in [0.25, 0.3) is 0 Å². The summed E-state index contributed by atoms with van der Waals surface area (Å²) in [6.07, 6.45) is 2.20. The van der Waals surface area contributed by atoms with Gasteiger partial charge in [-0.1, -0.05) is 44.2 Å². The lowest BCUT2D eigenvalue weighted by molar-refractivity contribution is -0.134. The zero-order chi connectivity index (χ0) is 13.8. The van der Waals surface area contributed by atoms with Gasteiger partial charge >= 0.3 is 0 Å². The summed E-state index contributed by atoms with van der Waals surface area (Å²) in [5.74, 6) is 1.52. The van der Waals surface area contributed by atoms with Crippen LogP contribution in [-0.2, 0) is 4.79 Å². The quantitative estimate of drug-likeness (QED) is 0.908. The van der Waals surface area contributed by atoms with Gasteiger partial charge in [0.05, 0.1) is 0 Å². The van der Waals surface area contributed by atoms with E-state index >= 15 is 0 Å². The highest BCUT2D eigenvalue weighted by Crippen LogP contribution is 2.25. The fourth-order valence-corrected chi connectivity index (χ4v) is 2.79. The molecule has 0 aromatic heterocycles. The largest absolute Gasteiger partial charge is 0.341 e. The molecule has 1 aliphatic rings. The molecule has 2 rings (SSSR count). The predicted octanol–water partition coefficient (Wildman–Crippen LogP) is 2.58. The third-order valence-electron chi connectivity index (χ3n) is 4.22. The molecular formula is C16H24N2O. The summed E-state index contributed by atoms with van der Waals surface area (Å²) in [6, 6.07) is 9.11. The zero-order valence-corrected chi connectivity index (χ0v) is 11.9. The lowest BCUT2D eigenvalue weighted by Crippen LogP contribution is -2.43. The maximum Gasteiger partial charge on any atom is 0.244 e. The maximum atomic E-state index is 12.4. The van der Waals surface area contributed by atoms with Crippen LogP contribution in [0.4, 0.5) is 0 Å². The number of likely N-dealkylation sites (tertiary alicyclic amines) is 1. The van der Waals surface area contributed by atoms with Gasteiger partial charge < -0.3 is 10.6 Å². The van der Waals surface area contributed by atoms with Crippen molar-refractivity contribution in [1.82, 2.24) is 4.90 Å². The van der Waals surface area contributed by atoms with Crippen molar-refractivity contribution in [2.75, 3.05) is 13.1 Å². The molecule has 1 aromatic carbocycles. The van der Waals surface area contributed by atoms with E-state index in [2.05, 4.69) is 13.8 Å². The number of amides is 1. The average Bonchev–Trinajstić information content (AvgIpc) is 2.46. The van der Waals surface area contributed by atoms with Crippen LogP contribution in [0.5, 0.6) is 0 Å². The summed E-state index contributed by atoms with van der Waals surface area (Å²) < 4.78 is 0. The van der Waals surface area contributed by atoms with E-state index in [1.54, 1.807) is 0 Å². The first-order valence-electron chi connectivity index (χ1n) is 7.19. The zero-order valence-electron chi connectivity index (χ0n) is 11.9. The number of carbonyl (C=O) groups excluding carboxylic acids is 1. The molecule has 2 N–H and O–H groups in total. The van der Waals surface area contributed by atoms with Crippen LogP contribution in [0.3, 0.4) is 0 Å². The summed E-state index contributed by atoms with van der Waals surface area (Å²) in [4.78, 5) is 14.3. The molecule has 3 nitrogen and oxygen atoms in total. The molecule has 0 aliphatic carbocycles. The molecule has 0 bridgehead atoms. The van der Waals surface area contributed by atoms with Gasteiger partial charge in [-0.15, -0.1) is 0 Å². The van der Waals surface area contributed by atoms with Crippen molar-refractivity contribution in [1.29, 1.82) is 0 Å². The van der Waals surface area contributed by atoms with E-state index < -0.39 is 6.04 Å². The molecule has 1 aliphatic heterocycles. The van der Waals surface area contributed by atoms with Crippen LogP contribution in [0.15, 0.2) is 30.3 Å². The Morgan fingerprint density at radius 3 is 2.32 bits per heavy atom. The van der Waals surface area contributed by atoms with Crippen LogP contribution in [0.25, 0.3) is 0 Å².